The first-order valence-electron chi connectivity index (χ1n) is 17.4. The fourth-order valence-corrected chi connectivity index (χ4v) is 7.84. The first kappa shape index (κ1) is 33.6. The summed E-state index contributed by atoms with van der Waals surface area (Å²) in [6.45, 7) is 2.77. The number of nitrogens with zero attached hydrogens (tertiary/aromatic N) is 2. The highest BCUT2D eigenvalue weighted by atomic mass is 35.5. The molecule has 0 radical (unpaired) electrons. The number of benzene rings is 4. The topological polar surface area (TPSA) is 80.2 Å². The number of methoxy groups -OCH3 is 1. The molecule has 0 bridgehead atoms. The number of hydrogen-bond donors (Lipinski definition) is 3. The van der Waals surface area contributed by atoms with Gasteiger partial charge >= 0.3 is 0 Å². The lowest BCUT2D eigenvalue weighted by Gasteiger charge is -2.23. The molecule has 1 atom stereocenters. The van der Waals surface area contributed by atoms with E-state index in [1.165, 1.54) is 37.7 Å². The van der Waals surface area contributed by atoms with Crippen molar-refractivity contribution in [2.24, 2.45) is 0 Å². The number of halogens is 2. The molecule has 9 heteroatoms. The van der Waals surface area contributed by atoms with E-state index in [0.29, 0.717) is 29.1 Å². The van der Waals surface area contributed by atoms with Gasteiger partial charge in [0.25, 0.3) is 0 Å². The number of carbonyl (C=O) groups excluding carboxylic acids is 1. The van der Waals surface area contributed by atoms with Gasteiger partial charge in [0.05, 0.1) is 30.4 Å². The van der Waals surface area contributed by atoms with Gasteiger partial charge in [0.15, 0.2) is 0 Å². The molecular weight excluding hydrogens is 653 g/mol. The molecule has 7 rings (SSSR count). The summed E-state index contributed by atoms with van der Waals surface area (Å²) in [6, 6.07) is 25.8. The molecule has 2 aliphatic rings. The van der Waals surface area contributed by atoms with E-state index in [-0.39, 0.29) is 11.9 Å². The SMILES string of the molecule is COc1cc(Cn2ncc3c(-c4cccc(-c5ccc(CNCC6CCC(=O)N6)cc5)c4Cl)cccc32)c(Cl)cc1CNC1CCCCC1. The molecule has 1 aliphatic heterocycles. The molecule has 2 heterocycles. The summed E-state index contributed by atoms with van der Waals surface area (Å²) < 4.78 is 7.80. The van der Waals surface area contributed by atoms with Gasteiger partial charge in [0.1, 0.15) is 5.75 Å². The highest BCUT2D eigenvalue weighted by Gasteiger charge is 2.20. The molecule has 1 saturated carbocycles. The van der Waals surface area contributed by atoms with Crippen LogP contribution in [0.15, 0.2) is 79.0 Å². The third-order valence-electron chi connectivity index (χ3n) is 10.0. The molecule has 1 amide bonds. The van der Waals surface area contributed by atoms with Crippen LogP contribution in [0, 0.1) is 0 Å². The lowest BCUT2D eigenvalue weighted by Crippen LogP contribution is -2.35. The van der Waals surface area contributed by atoms with Gasteiger partial charge in [-0.3, -0.25) is 9.48 Å². The molecule has 49 heavy (non-hydrogen) atoms. The van der Waals surface area contributed by atoms with Crippen molar-refractivity contribution in [3.05, 3.63) is 106 Å². The van der Waals surface area contributed by atoms with Crippen molar-refractivity contribution in [3.8, 4) is 28.0 Å². The smallest absolute Gasteiger partial charge is 0.220 e. The minimum absolute atomic E-state index is 0.143. The minimum atomic E-state index is 0.143. The van der Waals surface area contributed by atoms with Crippen LogP contribution < -0.4 is 20.7 Å². The maximum absolute atomic E-state index is 11.5. The molecule has 7 nitrogen and oxygen atoms in total. The summed E-state index contributed by atoms with van der Waals surface area (Å²) in [5.74, 6) is 0.983. The highest BCUT2D eigenvalue weighted by Crippen LogP contribution is 2.39. The van der Waals surface area contributed by atoms with Gasteiger partial charge in [-0.2, -0.15) is 5.10 Å². The van der Waals surface area contributed by atoms with Gasteiger partial charge in [-0.15, -0.1) is 0 Å². The summed E-state index contributed by atoms with van der Waals surface area (Å²) in [6.07, 6.45) is 9.82. The van der Waals surface area contributed by atoms with Crippen molar-refractivity contribution >= 4 is 40.0 Å². The molecule has 1 saturated heterocycles. The first-order valence-corrected chi connectivity index (χ1v) is 18.1. The number of rotatable bonds is 12. The van der Waals surface area contributed by atoms with Crippen LogP contribution in [0.25, 0.3) is 33.2 Å². The van der Waals surface area contributed by atoms with Crippen LogP contribution in [0.3, 0.4) is 0 Å². The summed E-state index contributed by atoms with van der Waals surface area (Å²) >= 11 is 14.0. The van der Waals surface area contributed by atoms with Crippen molar-refractivity contribution in [1.82, 2.24) is 25.7 Å². The van der Waals surface area contributed by atoms with Crippen LogP contribution >= 0.6 is 23.2 Å². The number of carbonyl (C=O) groups is 1. The fourth-order valence-electron chi connectivity index (χ4n) is 7.26. The van der Waals surface area contributed by atoms with Gasteiger partial charge in [0, 0.05) is 65.2 Å². The van der Waals surface area contributed by atoms with Gasteiger partial charge in [-0.25, -0.2) is 0 Å². The maximum atomic E-state index is 11.5. The van der Waals surface area contributed by atoms with E-state index in [2.05, 4.69) is 76.6 Å². The number of fused-ring (bicyclic) bond motifs is 1. The summed E-state index contributed by atoms with van der Waals surface area (Å²) in [7, 11) is 1.72. The van der Waals surface area contributed by atoms with Crippen molar-refractivity contribution in [1.29, 1.82) is 0 Å². The van der Waals surface area contributed by atoms with Crippen LogP contribution in [0.4, 0.5) is 0 Å². The average Bonchev–Trinajstić information content (AvgIpc) is 3.74. The molecule has 1 aliphatic carbocycles. The zero-order chi connectivity index (χ0) is 33.7. The largest absolute Gasteiger partial charge is 0.496 e. The second kappa shape index (κ2) is 15.3. The second-order valence-corrected chi connectivity index (χ2v) is 14.1. The molecular formula is C40H43Cl2N5O2. The zero-order valence-corrected chi connectivity index (χ0v) is 29.4. The normalized spacial score (nSPS) is 16.7. The molecule has 2 fully saturated rings. The van der Waals surface area contributed by atoms with Gasteiger partial charge < -0.3 is 20.7 Å². The molecule has 4 aromatic carbocycles. The Hall–Kier alpha value is -3.88. The van der Waals surface area contributed by atoms with Crippen LogP contribution in [-0.4, -0.2) is 41.4 Å². The predicted molar refractivity (Wildman–Crippen MR) is 199 cm³/mol. The van der Waals surface area contributed by atoms with Crippen molar-refractivity contribution in [2.75, 3.05) is 13.7 Å². The standard InChI is InChI=1S/C40H43Cl2N5O2/c1-49-38-20-29(36(41)19-28(38)22-44-30-7-3-2-4-8-30)25-47-37-12-6-10-33(35(37)24-45-47)34-11-5-9-32(40(34)42)27-15-13-26(14-16-27)21-43-23-31-17-18-39(48)46-31/h5-6,9-16,19-20,24,30-31,43-44H,2-4,7-8,17-18,21-23,25H2,1H3,(H,46,48). The average molecular weight is 697 g/mol. The lowest BCUT2D eigenvalue weighted by atomic mass is 9.95. The van der Waals surface area contributed by atoms with Crippen LogP contribution in [-0.2, 0) is 24.4 Å². The number of aromatic nitrogens is 2. The first-order chi connectivity index (χ1) is 24.0. The summed E-state index contributed by atoms with van der Waals surface area (Å²) in [5.41, 5.74) is 8.25. The Kier molecular flexibility index (Phi) is 10.5. The van der Waals surface area contributed by atoms with Crippen molar-refractivity contribution in [3.63, 3.8) is 0 Å². The van der Waals surface area contributed by atoms with Crippen molar-refractivity contribution in [2.45, 2.75) is 76.7 Å². The highest BCUT2D eigenvalue weighted by molar-refractivity contribution is 6.36. The van der Waals surface area contributed by atoms with E-state index in [9.17, 15) is 4.79 Å². The third-order valence-corrected chi connectivity index (χ3v) is 10.8. The van der Waals surface area contributed by atoms with Crippen LogP contribution in [0.2, 0.25) is 10.0 Å². The zero-order valence-electron chi connectivity index (χ0n) is 27.9. The van der Waals surface area contributed by atoms with Gasteiger partial charge in [-0.05, 0) is 59.7 Å². The lowest BCUT2D eigenvalue weighted by molar-refractivity contribution is -0.119. The van der Waals surface area contributed by atoms with Crippen LogP contribution in [0.5, 0.6) is 5.75 Å². The molecule has 254 valence electrons. The molecule has 1 unspecified atom stereocenters. The van der Waals surface area contributed by atoms with Crippen LogP contribution in [0.1, 0.15) is 61.6 Å². The maximum Gasteiger partial charge on any atom is 0.220 e. The Morgan fingerprint density at radius 3 is 2.45 bits per heavy atom. The Bertz CT molecular complexity index is 1930. The third kappa shape index (κ3) is 7.65. The number of amides is 1. The Morgan fingerprint density at radius 2 is 1.67 bits per heavy atom. The Morgan fingerprint density at radius 1 is 0.898 bits per heavy atom. The quantitative estimate of drug-likeness (QED) is 0.122. The van der Waals surface area contributed by atoms with E-state index in [1.807, 2.05) is 23.0 Å². The number of nitrogens with one attached hydrogen (secondary N) is 3. The van der Waals surface area contributed by atoms with E-state index >= 15 is 0 Å². The Labute approximate surface area is 298 Å². The molecule has 3 N–H and O–H groups in total. The monoisotopic (exact) mass is 695 g/mol. The number of hydrogen-bond acceptors (Lipinski definition) is 5. The van der Waals surface area contributed by atoms with E-state index < -0.39 is 0 Å². The minimum Gasteiger partial charge on any atom is -0.496 e. The fraction of sp³-hybridized carbons (Fsp3) is 0.350. The van der Waals surface area contributed by atoms with E-state index in [0.717, 1.165) is 76.1 Å². The van der Waals surface area contributed by atoms with Crippen molar-refractivity contribution < 1.29 is 9.53 Å². The molecule has 0 spiro atoms. The van der Waals surface area contributed by atoms with Gasteiger partial charge in [-0.1, -0.05) is 97.1 Å². The second-order valence-electron chi connectivity index (χ2n) is 13.3. The van der Waals surface area contributed by atoms with E-state index in [4.69, 9.17) is 33.0 Å². The Balaban J connectivity index is 1.08. The molecule has 1 aromatic heterocycles. The molecule has 5 aromatic rings. The number of ether oxygens (including phenoxy) is 1. The summed E-state index contributed by atoms with van der Waals surface area (Å²) in [5, 5.41) is 17.4. The van der Waals surface area contributed by atoms with E-state index in [1.54, 1.807) is 7.11 Å². The van der Waals surface area contributed by atoms with Gasteiger partial charge in [0.2, 0.25) is 5.91 Å². The summed E-state index contributed by atoms with van der Waals surface area (Å²) in [4.78, 5) is 11.5. The predicted octanol–water partition coefficient (Wildman–Crippen LogP) is 8.52.